The molecule has 3 rings (SSSR count). The molecule has 28 heavy (non-hydrogen) atoms. The number of hydrogen-bond donors (Lipinski definition) is 1. The number of anilines is 2. The second-order valence-corrected chi connectivity index (χ2v) is 9.82. The number of carbonyl (C=O) groups excluding carboxylic acids is 2. The van der Waals surface area contributed by atoms with Crippen LogP contribution >= 0.6 is 23.1 Å². The van der Waals surface area contributed by atoms with Gasteiger partial charge in [0.25, 0.3) is 11.1 Å². The summed E-state index contributed by atoms with van der Waals surface area (Å²) >= 11 is 1.05. The van der Waals surface area contributed by atoms with Crippen molar-refractivity contribution in [3.8, 4) is 5.19 Å². The number of amides is 2. The third-order valence-corrected chi connectivity index (χ3v) is 5.58. The average molecular weight is 428 g/mol. The first-order valence-electron chi connectivity index (χ1n) is 8.29. The number of carbonyl (C=O) groups is 2. The minimum absolute atomic E-state index is 0.132. The van der Waals surface area contributed by atoms with E-state index < -0.39 is 27.5 Å². The van der Waals surface area contributed by atoms with Crippen molar-refractivity contribution in [2.24, 2.45) is 0 Å². The van der Waals surface area contributed by atoms with Crippen molar-refractivity contribution in [3.05, 3.63) is 29.3 Å². The van der Waals surface area contributed by atoms with Gasteiger partial charge in [0.05, 0.1) is 11.4 Å². The first-order chi connectivity index (χ1) is 13.0. The number of hydrogen-bond acceptors (Lipinski definition) is 7. The van der Waals surface area contributed by atoms with E-state index in [0.29, 0.717) is 34.5 Å². The summed E-state index contributed by atoms with van der Waals surface area (Å²) in [5, 5.41) is 5.93. The lowest BCUT2D eigenvalue weighted by Crippen LogP contribution is -2.44. The van der Waals surface area contributed by atoms with Gasteiger partial charge in [-0.15, -0.1) is 5.10 Å². The van der Waals surface area contributed by atoms with Crippen molar-refractivity contribution in [3.63, 3.8) is 0 Å². The van der Waals surface area contributed by atoms with Gasteiger partial charge in [-0.1, -0.05) is 61.1 Å². The predicted molar refractivity (Wildman–Crippen MR) is 104 cm³/mol. The average Bonchev–Trinajstić information content (AvgIpc) is 3.07. The number of aromatic nitrogens is 2. The van der Waals surface area contributed by atoms with Gasteiger partial charge in [-0.3, -0.25) is 14.5 Å². The normalized spacial score (nSPS) is 14.5. The molecular weight excluding hydrogens is 410 g/mol. The first kappa shape index (κ1) is 20.5. The van der Waals surface area contributed by atoms with E-state index in [-0.39, 0.29) is 17.6 Å². The summed E-state index contributed by atoms with van der Waals surface area (Å²) < 4.78 is 33.1. The summed E-state index contributed by atoms with van der Waals surface area (Å²) in [7, 11) is 0. The molecule has 0 bridgehead atoms. The van der Waals surface area contributed by atoms with Gasteiger partial charge in [0.15, 0.2) is 6.61 Å². The largest absolute Gasteiger partial charge is 0.459 e. The van der Waals surface area contributed by atoms with E-state index >= 15 is 0 Å². The minimum Gasteiger partial charge on any atom is -0.459 e. The van der Waals surface area contributed by atoms with Crippen molar-refractivity contribution in [1.29, 1.82) is 0 Å². The highest BCUT2D eigenvalue weighted by Gasteiger charge is 2.41. The standard InChI is InChI=1S/C17H18F2N4O3S2/c1-16(2,3)28-17(18,19)14-21-22-15(27-14)26-9-13(25)23-8-12(24)20-10-6-4-5-7-11(10)23/h4-7H,8-9H2,1-3H3,(H,20,24). The van der Waals surface area contributed by atoms with Crippen LogP contribution < -0.4 is 15.0 Å². The Bertz CT molecular complexity index is 899. The Morgan fingerprint density at radius 3 is 2.75 bits per heavy atom. The summed E-state index contributed by atoms with van der Waals surface area (Å²) in [4.78, 5) is 25.6. The molecule has 0 radical (unpaired) electrons. The van der Waals surface area contributed by atoms with Gasteiger partial charge < -0.3 is 10.1 Å². The summed E-state index contributed by atoms with van der Waals surface area (Å²) in [6.07, 6.45) is 0. The topological polar surface area (TPSA) is 84.4 Å². The molecule has 1 N–H and O–H groups in total. The SMILES string of the molecule is CC(C)(C)SC(F)(F)c1nnc(OCC(=O)N2CC(=O)Nc3ccccc32)s1. The number of benzene rings is 1. The molecule has 0 atom stereocenters. The van der Waals surface area contributed by atoms with Gasteiger partial charge in [-0.25, -0.2) is 0 Å². The molecule has 0 fully saturated rings. The second-order valence-electron chi connectivity index (χ2n) is 6.94. The second kappa shape index (κ2) is 7.63. The molecule has 1 aromatic heterocycles. The Labute approximate surface area is 168 Å². The molecular formula is C17H18F2N4O3S2. The lowest BCUT2D eigenvalue weighted by Gasteiger charge is -2.28. The molecule has 2 aromatic rings. The third-order valence-electron chi connectivity index (χ3n) is 3.48. The van der Waals surface area contributed by atoms with Gasteiger partial charge in [-0.05, 0) is 12.1 Å². The van der Waals surface area contributed by atoms with Crippen LogP contribution in [0.25, 0.3) is 0 Å². The summed E-state index contributed by atoms with van der Waals surface area (Å²) in [5.41, 5.74) is 1.06. The predicted octanol–water partition coefficient (Wildman–Crippen LogP) is 3.48. The van der Waals surface area contributed by atoms with E-state index in [9.17, 15) is 18.4 Å². The number of thioether (sulfide) groups is 1. The van der Waals surface area contributed by atoms with E-state index in [1.54, 1.807) is 45.0 Å². The van der Waals surface area contributed by atoms with Crippen molar-refractivity contribution in [1.82, 2.24) is 10.2 Å². The molecule has 150 valence electrons. The van der Waals surface area contributed by atoms with Crippen LogP contribution in [0.3, 0.4) is 0 Å². The number of halogens is 2. The first-order valence-corrected chi connectivity index (χ1v) is 9.92. The number of fused-ring (bicyclic) bond motifs is 1. The fraction of sp³-hybridized carbons (Fsp3) is 0.412. The summed E-state index contributed by atoms with van der Waals surface area (Å²) in [6, 6.07) is 6.85. The van der Waals surface area contributed by atoms with Crippen LogP contribution in [0, 0.1) is 0 Å². The van der Waals surface area contributed by atoms with E-state index in [1.165, 1.54) is 4.90 Å². The minimum atomic E-state index is -3.22. The molecule has 2 heterocycles. The Morgan fingerprint density at radius 1 is 1.32 bits per heavy atom. The van der Waals surface area contributed by atoms with Crippen LogP contribution in [-0.2, 0) is 14.8 Å². The van der Waals surface area contributed by atoms with Gasteiger partial charge >= 0.3 is 5.25 Å². The molecule has 1 aliphatic heterocycles. The Morgan fingerprint density at radius 2 is 2.04 bits per heavy atom. The molecule has 2 amide bonds. The van der Waals surface area contributed by atoms with Gasteiger partial charge in [0.1, 0.15) is 6.54 Å². The van der Waals surface area contributed by atoms with Gasteiger partial charge in [0, 0.05) is 4.75 Å². The third kappa shape index (κ3) is 4.76. The zero-order valence-electron chi connectivity index (χ0n) is 15.4. The van der Waals surface area contributed by atoms with Crippen LogP contribution in [0.5, 0.6) is 5.19 Å². The van der Waals surface area contributed by atoms with E-state index in [4.69, 9.17) is 4.74 Å². The van der Waals surface area contributed by atoms with Crippen molar-refractivity contribution in [2.45, 2.75) is 30.8 Å². The van der Waals surface area contributed by atoms with Crippen LogP contribution in [0.4, 0.5) is 20.2 Å². The quantitative estimate of drug-likeness (QED) is 0.785. The number of nitrogens with one attached hydrogen (secondary N) is 1. The molecule has 0 saturated heterocycles. The van der Waals surface area contributed by atoms with Crippen molar-refractivity contribution in [2.75, 3.05) is 23.4 Å². The zero-order chi connectivity index (χ0) is 20.5. The molecule has 0 spiro atoms. The lowest BCUT2D eigenvalue weighted by atomic mass is 10.2. The van der Waals surface area contributed by atoms with Crippen LogP contribution in [0.15, 0.2) is 24.3 Å². The molecule has 1 aromatic carbocycles. The Hall–Kier alpha value is -2.27. The number of alkyl halides is 2. The number of para-hydroxylation sites is 2. The van der Waals surface area contributed by atoms with Crippen LogP contribution in [0.2, 0.25) is 0 Å². The highest BCUT2D eigenvalue weighted by molar-refractivity contribution is 8.01. The maximum Gasteiger partial charge on any atom is 0.347 e. The fourth-order valence-corrected chi connectivity index (χ4v) is 4.18. The molecule has 0 saturated carbocycles. The maximum atomic E-state index is 14.3. The van der Waals surface area contributed by atoms with Gasteiger partial charge in [0.2, 0.25) is 10.9 Å². The molecule has 0 unspecified atom stereocenters. The van der Waals surface area contributed by atoms with Crippen molar-refractivity contribution >= 4 is 46.3 Å². The monoisotopic (exact) mass is 428 g/mol. The zero-order valence-corrected chi connectivity index (χ0v) is 17.0. The number of rotatable bonds is 5. The molecule has 0 aliphatic carbocycles. The van der Waals surface area contributed by atoms with Crippen molar-refractivity contribution < 1.29 is 23.1 Å². The van der Waals surface area contributed by atoms with Crippen LogP contribution in [0.1, 0.15) is 25.8 Å². The van der Waals surface area contributed by atoms with Crippen LogP contribution in [-0.4, -0.2) is 39.9 Å². The number of nitrogens with zero attached hydrogens (tertiary/aromatic N) is 3. The smallest absolute Gasteiger partial charge is 0.347 e. The van der Waals surface area contributed by atoms with Gasteiger partial charge in [-0.2, -0.15) is 8.78 Å². The lowest BCUT2D eigenvalue weighted by molar-refractivity contribution is -0.123. The summed E-state index contributed by atoms with van der Waals surface area (Å²) in [6.45, 7) is 4.43. The number of ether oxygens (including phenoxy) is 1. The molecule has 7 nitrogen and oxygen atoms in total. The highest BCUT2D eigenvalue weighted by Crippen LogP contribution is 2.48. The van der Waals surface area contributed by atoms with E-state index in [1.807, 2.05) is 0 Å². The Kier molecular flexibility index (Phi) is 5.57. The Balaban J connectivity index is 1.66. The van der Waals surface area contributed by atoms with E-state index in [2.05, 4.69) is 15.5 Å². The maximum absolute atomic E-state index is 14.3. The van der Waals surface area contributed by atoms with E-state index in [0.717, 1.165) is 0 Å². The highest BCUT2D eigenvalue weighted by atomic mass is 32.2. The molecule has 1 aliphatic rings. The summed E-state index contributed by atoms with van der Waals surface area (Å²) in [5.74, 6) is -0.820. The molecule has 11 heteroatoms. The fourth-order valence-electron chi connectivity index (χ4n) is 2.47.